The minimum atomic E-state index is -0.558. The number of ether oxygens (including phenoxy) is 2. The van der Waals surface area contributed by atoms with Crippen molar-refractivity contribution in [1.29, 1.82) is 10.5 Å². The van der Waals surface area contributed by atoms with Crippen LogP contribution in [0.3, 0.4) is 0 Å². The molecule has 1 amide bonds. The van der Waals surface area contributed by atoms with Gasteiger partial charge in [0.25, 0.3) is 0 Å². The third kappa shape index (κ3) is 5.88. The number of benzene rings is 1. The number of para-hydroxylation sites is 1. The fourth-order valence-corrected chi connectivity index (χ4v) is 2.63. The molecule has 148 valence electrons. The van der Waals surface area contributed by atoms with Crippen molar-refractivity contribution in [2.75, 3.05) is 18.4 Å². The zero-order chi connectivity index (χ0) is 20.7. The summed E-state index contributed by atoms with van der Waals surface area (Å²) in [5.74, 6) is -0.534. The first-order valence-electron chi connectivity index (χ1n) is 8.93. The summed E-state index contributed by atoms with van der Waals surface area (Å²) in [6.07, 6.45) is 1.62. The second-order valence-corrected chi connectivity index (χ2v) is 7.33. The van der Waals surface area contributed by atoms with Crippen molar-refractivity contribution >= 4 is 11.8 Å². The molecule has 0 atom stereocenters. The van der Waals surface area contributed by atoms with Gasteiger partial charge in [-0.05, 0) is 32.9 Å². The average molecular weight is 386 g/mol. The monoisotopic (exact) mass is 386 g/mol. The standard InChI is InChI=1S/C20H23FN4O3/c1-20(2,3)28-19(26)25-9-7-15(8-10-25)27-18-16(21)5-4-6-17(18)24-13-14(11-22)12-23/h4-6,13,15,24H,7-10H2,1-3H3. The van der Waals surface area contributed by atoms with E-state index in [4.69, 9.17) is 20.0 Å². The summed E-state index contributed by atoms with van der Waals surface area (Å²) in [7, 11) is 0. The number of carbonyl (C=O) groups is 1. The molecule has 2 rings (SSSR count). The maximum absolute atomic E-state index is 14.3. The first-order valence-corrected chi connectivity index (χ1v) is 8.93. The van der Waals surface area contributed by atoms with E-state index in [1.54, 1.807) is 23.1 Å². The van der Waals surface area contributed by atoms with E-state index in [9.17, 15) is 9.18 Å². The van der Waals surface area contributed by atoms with Crippen molar-refractivity contribution in [3.63, 3.8) is 0 Å². The number of nitriles is 2. The Balaban J connectivity index is 2.02. The van der Waals surface area contributed by atoms with Gasteiger partial charge in [-0.1, -0.05) is 6.07 Å². The third-order valence-electron chi connectivity index (χ3n) is 3.96. The smallest absolute Gasteiger partial charge is 0.410 e. The maximum atomic E-state index is 14.3. The number of rotatable bonds is 4. The van der Waals surface area contributed by atoms with Gasteiger partial charge in [-0.15, -0.1) is 0 Å². The molecule has 0 saturated carbocycles. The number of carbonyl (C=O) groups excluding carboxylic acids is 1. The molecule has 1 aromatic carbocycles. The number of piperidine rings is 1. The summed E-state index contributed by atoms with van der Waals surface area (Å²) in [5.41, 5.74) is -0.379. The molecule has 0 aromatic heterocycles. The summed E-state index contributed by atoms with van der Waals surface area (Å²) in [6.45, 7) is 6.33. The summed E-state index contributed by atoms with van der Waals surface area (Å²) in [6, 6.07) is 7.81. The van der Waals surface area contributed by atoms with Crippen LogP contribution in [0.1, 0.15) is 33.6 Å². The lowest BCUT2D eigenvalue weighted by Gasteiger charge is -2.33. The predicted molar refractivity (Wildman–Crippen MR) is 101 cm³/mol. The Morgan fingerprint density at radius 2 is 1.93 bits per heavy atom. The third-order valence-corrected chi connectivity index (χ3v) is 3.96. The molecular weight excluding hydrogens is 363 g/mol. The highest BCUT2D eigenvalue weighted by Crippen LogP contribution is 2.31. The fraction of sp³-hybridized carbons (Fsp3) is 0.450. The van der Waals surface area contributed by atoms with Crippen molar-refractivity contribution < 1.29 is 18.7 Å². The van der Waals surface area contributed by atoms with E-state index in [0.29, 0.717) is 31.6 Å². The van der Waals surface area contributed by atoms with Crippen LogP contribution in [0.4, 0.5) is 14.9 Å². The molecule has 7 nitrogen and oxygen atoms in total. The Labute approximate surface area is 163 Å². The van der Waals surface area contributed by atoms with Crippen LogP contribution in [0.5, 0.6) is 5.75 Å². The van der Waals surface area contributed by atoms with E-state index in [0.717, 1.165) is 0 Å². The Hall–Kier alpha value is -3.26. The lowest BCUT2D eigenvalue weighted by Crippen LogP contribution is -2.44. The van der Waals surface area contributed by atoms with Crippen LogP contribution < -0.4 is 10.1 Å². The Morgan fingerprint density at radius 3 is 2.50 bits per heavy atom. The summed E-state index contributed by atoms with van der Waals surface area (Å²) < 4.78 is 25.5. The number of amides is 1. The van der Waals surface area contributed by atoms with Gasteiger partial charge < -0.3 is 19.7 Å². The van der Waals surface area contributed by atoms with Crippen LogP contribution in [0.25, 0.3) is 0 Å². The summed E-state index contributed by atoms with van der Waals surface area (Å²) in [5, 5.41) is 20.3. The number of allylic oxidation sites excluding steroid dienone is 1. The molecule has 0 aliphatic carbocycles. The first-order chi connectivity index (χ1) is 13.2. The number of nitrogens with one attached hydrogen (secondary N) is 1. The largest absolute Gasteiger partial charge is 0.485 e. The first kappa shape index (κ1) is 21.0. The van der Waals surface area contributed by atoms with Gasteiger partial charge in [-0.2, -0.15) is 10.5 Å². The maximum Gasteiger partial charge on any atom is 0.410 e. The molecule has 1 aliphatic rings. The van der Waals surface area contributed by atoms with Gasteiger partial charge in [-0.25, -0.2) is 9.18 Å². The van der Waals surface area contributed by atoms with Crippen LogP contribution in [0, 0.1) is 28.5 Å². The van der Waals surface area contributed by atoms with Crippen LogP contribution in [-0.4, -0.2) is 35.8 Å². The molecule has 1 heterocycles. The topological polar surface area (TPSA) is 98.4 Å². The average Bonchev–Trinajstić information content (AvgIpc) is 2.64. The fourth-order valence-electron chi connectivity index (χ4n) is 2.63. The van der Waals surface area contributed by atoms with Crippen molar-refractivity contribution in [2.24, 2.45) is 0 Å². The van der Waals surface area contributed by atoms with Gasteiger partial charge in [0.2, 0.25) is 0 Å². The van der Waals surface area contributed by atoms with E-state index in [1.165, 1.54) is 18.3 Å². The number of likely N-dealkylation sites (tertiary alicyclic amines) is 1. The van der Waals surface area contributed by atoms with Crippen LogP contribution in [0.2, 0.25) is 0 Å². The second kappa shape index (κ2) is 9.09. The Morgan fingerprint density at radius 1 is 1.29 bits per heavy atom. The zero-order valence-electron chi connectivity index (χ0n) is 16.2. The van der Waals surface area contributed by atoms with E-state index in [1.807, 2.05) is 20.8 Å². The molecule has 28 heavy (non-hydrogen) atoms. The van der Waals surface area contributed by atoms with Crippen molar-refractivity contribution in [1.82, 2.24) is 4.90 Å². The number of anilines is 1. The van der Waals surface area contributed by atoms with Crippen molar-refractivity contribution in [3.8, 4) is 17.9 Å². The molecule has 0 radical (unpaired) electrons. The molecule has 1 N–H and O–H groups in total. The molecule has 0 unspecified atom stereocenters. The van der Waals surface area contributed by atoms with E-state index < -0.39 is 11.4 Å². The van der Waals surface area contributed by atoms with Crippen LogP contribution in [0.15, 0.2) is 30.0 Å². The van der Waals surface area contributed by atoms with Gasteiger partial charge >= 0.3 is 6.09 Å². The van der Waals surface area contributed by atoms with Crippen LogP contribution in [-0.2, 0) is 4.74 Å². The highest BCUT2D eigenvalue weighted by molar-refractivity contribution is 5.68. The number of hydrogen-bond donors (Lipinski definition) is 1. The Kier molecular flexibility index (Phi) is 6.84. The van der Waals surface area contributed by atoms with E-state index >= 15 is 0 Å². The highest BCUT2D eigenvalue weighted by atomic mass is 19.1. The van der Waals surface area contributed by atoms with Crippen molar-refractivity contribution in [3.05, 3.63) is 35.8 Å². The van der Waals surface area contributed by atoms with Crippen LogP contribution >= 0.6 is 0 Å². The minimum absolute atomic E-state index is 0.0182. The molecular formula is C20H23FN4O3. The van der Waals surface area contributed by atoms with Gasteiger partial charge in [0.1, 0.15) is 29.4 Å². The number of hydrogen-bond acceptors (Lipinski definition) is 6. The highest BCUT2D eigenvalue weighted by Gasteiger charge is 2.28. The normalized spacial score (nSPS) is 14.4. The van der Waals surface area contributed by atoms with Gasteiger partial charge in [0.15, 0.2) is 11.6 Å². The quantitative estimate of drug-likeness (QED) is 0.787. The van der Waals surface area contributed by atoms with Gasteiger partial charge in [0, 0.05) is 32.1 Å². The number of halogens is 1. The van der Waals surface area contributed by atoms with Gasteiger partial charge in [-0.3, -0.25) is 0 Å². The lowest BCUT2D eigenvalue weighted by atomic mass is 10.1. The molecule has 0 bridgehead atoms. The number of nitrogens with zero attached hydrogens (tertiary/aromatic N) is 3. The summed E-state index contributed by atoms with van der Waals surface area (Å²) in [4.78, 5) is 13.7. The molecule has 8 heteroatoms. The summed E-state index contributed by atoms with van der Waals surface area (Å²) >= 11 is 0. The van der Waals surface area contributed by atoms with Gasteiger partial charge in [0.05, 0.1) is 5.69 Å². The predicted octanol–water partition coefficient (Wildman–Crippen LogP) is 3.95. The SMILES string of the molecule is CC(C)(C)OC(=O)N1CCC(Oc2c(F)cccc2NC=C(C#N)C#N)CC1. The second-order valence-electron chi connectivity index (χ2n) is 7.33. The Bertz CT molecular complexity index is 809. The zero-order valence-corrected chi connectivity index (χ0v) is 16.2. The molecule has 0 spiro atoms. The lowest BCUT2D eigenvalue weighted by molar-refractivity contribution is 0.0124. The van der Waals surface area contributed by atoms with E-state index in [2.05, 4.69) is 5.32 Å². The molecule has 1 fully saturated rings. The minimum Gasteiger partial charge on any atom is -0.485 e. The molecule has 1 aliphatic heterocycles. The van der Waals surface area contributed by atoms with E-state index in [-0.39, 0.29) is 23.5 Å². The molecule has 1 aromatic rings. The van der Waals surface area contributed by atoms with Crippen molar-refractivity contribution in [2.45, 2.75) is 45.3 Å². The molecule has 1 saturated heterocycles.